The molecule has 1 aromatic rings. The second-order valence-corrected chi connectivity index (χ2v) is 5.65. The lowest BCUT2D eigenvalue weighted by Gasteiger charge is -2.19. The first-order valence-electron chi connectivity index (χ1n) is 6.76. The van der Waals surface area contributed by atoms with Crippen LogP contribution in [-0.4, -0.2) is 31.2 Å². The van der Waals surface area contributed by atoms with Gasteiger partial charge >= 0.3 is 5.97 Å². The maximum Gasteiger partial charge on any atom is 0.343 e. The third-order valence-electron chi connectivity index (χ3n) is 2.49. The summed E-state index contributed by atoms with van der Waals surface area (Å²) in [6.45, 7) is 5.24. The fourth-order valence-corrected chi connectivity index (χ4v) is 1.44. The normalized spacial score (nSPS) is 10.9. The zero-order chi connectivity index (χ0) is 16.8. The van der Waals surface area contributed by atoms with Gasteiger partial charge in [0.1, 0.15) is 5.75 Å². The van der Waals surface area contributed by atoms with Gasteiger partial charge < -0.3 is 15.2 Å². The molecule has 7 nitrogen and oxygen atoms in total. The number of hydrogen-bond donors (Lipinski definition) is 2. The van der Waals surface area contributed by atoms with Gasteiger partial charge in [-0.2, -0.15) is 0 Å². The highest BCUT2D eigenvalue weighted by molar-refractivity contribution is 5.78. The number of carbonyl (C=O) groups excluding carboxylic acids is 2. The molecule has 0 atom stereocenters. The first-order chi connectivity index (χ1) is 10.2. The summed E-state index contributed by atoms with van der Waals surface area (Å²) in [6, 6.07) is 4.92. The molecule has 0 radical (unpaired) electrons. The van der Waals surface area contributed by atoms with Crippen molar-refractivity contribution >= 4 is 17.6 Å². The summed E-state index contributed by atoms with van der Waals surface area (Å²) < 4.78 is 9.75. The van der Waals surface area contributed by atoms with Crippen LogP contribution in [0.1, 0.15) is 26.3 Å². The van der Waals surface area contributed by atoms with E-state index in [1.165, 1.54) is 7.11 Å². The Bertz CT molecular complexity index is 537. The molecule has 0 saturated carbocycles. The fourth-order valence-electron chi connectivity index (χ4n) is 1.44. The molecule has 0 aliphatic rings. The number of hydrogen-bond acceptors (Lipinski definition) is 6. The molecule has 0 bridgehead atoms. The van der Waals surface area contributed by atoms with E-state index in [1.54, 1.807) is 18.2 Å². The third-order valence-corrected chi connectivity index (χ3v) is 2.49. The van der Waals surface area contributed by atoms with Crippen LogP contribution in [0.5, 0.6) is 5.75 Å². The van der Waals surface area contributed by atoms with E-state index < -0.39 is 11.6 Å². The van der Waals surface area contributed by atoms with Crippen molar-refractivity contribution in [2.75, 3.05) is 19.5 Å². The Morgan fingerprint density at radius 1 is 1.27 bits per heavy atom. The van der Waals surface area contributed by atoms with Gasteiger partial charge in [0.2, 0.25) is 5.91 Å². The number of anilines is 1. The Hall–Kier alpha value is -2.28. The molecule has 0 aliphatic carbocycles. The number of nitrogen functional groups attached to an aromatic ring is 1. The first kappa shape index (κ1) is 17.8. The van der Waals surface area contributed by atoms with E-state index in [9.17, 15) is 9.59 Å². The molecule has 0 heterocycles. The number of esters is 1. The molecule has 1 rings (SSSR count). The Morgan fingerprint density at radius 2 is 1.95 bits per heavy atom. The van der Waals surface area contributed by atoms with E-state index >= 15 is 0 Å². The molecular formula is C15H22N2O5. The molecule has 0 aromatic heterocycles. The van der Waals surface area contributed by atoms with E-state index in [0.29, 0.717) is 17.0 Å². The molecule has 122 valence electrons. The largest absolute Gasteiger partial charge is 0.480 e. The van der Waals surface area contributed by atoms with Crippen molar-refractivity contribution in [2.45, 2.75) is 32.8 Å². The molecule has 0 saturated heterocycles. The Labute approximate surface area is 129 Å². The molecule has 0 aliphatic heterocycles. The van der Waals surface area contributed by atoms with Crippen LogP contribution >= 0.6 is 0 Å². The van der Waals surface area contributed by atoms with E-state index in [0.717, 1.165) is 0 Å². The SMILES string of the molecule is COC(=O)COc1cc(CC(=O)NOC(C)(C)C)ccc1N. The lowest BCUT2D eigenvalue weighted by Crippen LogP contribution is -2.34. The molecular weight excluding hydrogens is 288 g/mol. The number of rotatable bonds is 6. The van der Waals surface area contributed by atoms with Crippen molar-refractivity contribution in [1.29, 1.82) is 0 Å². The summed E-state index contributed by atoms with van der Waals surface area (Å²) in [7, 11) is 1.27. The second-order valence-electron chi connectivity index (χ2n) is 5.65. The minimum Gasteiger partial charge on any atom is -0.480 e. The first-order valence-corrected chi connectivity index (χ1v) is 6.76. The van der Waals surface area contributed by atoms with Gasteiger partial charge in [-0.1, -0.05) is 6.07 Å². The molecule has 0 fully saturated rings. The standard InChI is InChI=1S/C15H22N2O5/c1-15(2,3)22-17-13(18)8-10-5-6-11(16)12(7-10)21-9-14(19)20-4/h5-7H,8-9,16H2,1-4H3,(H,17,18). The summed E-state index contributed by atoms with van der Waals surface area (Å²) in [5.41, 5.74) is 8.73. The summed E-state index contributed by atoms with van der Waals surface area (Å²) in [6.07, 6.45) is 0.102. The van der Waals surface area contributed by atoms with Gasteiger partial charge in [-0.15, -0.1) is 0 Å². The quantitative estimate of drug-likeness (QED) is 0.465. The highest BCUT2D eigenvalue weighted by Gasteiger charge is 2.14. The minimum atomic E-state index is -0.513. The van der Waals surface area contributed by atoms with Crippen LogP contribution in [0.3, 0.4) is 0 Å². The maximum atomic E-state index is 11.8. The molecule has 1 aromatic carbocycles. The lowest BCUT2D eigenvalue weighted by atomic mass is 10.1. The number of carbonyl (C=O) groups is 2. The van der Waals surface area contributed by atoms with Crippen LogP contribution < -0.4 is 16.0 Å². The van der Waals surface area contributed by atoms with Crippen LogP contribution in [0.25, 0.3) is 0 Å². The van der Waals surface area contributed by atoms with Crippen LogP contribution in [0.4, 0.5) is 5.69 Å². The molecule has 0 unspecified atom stereocenters. The van der Waals surface area contributed by atoms with Crippen LogP contribution in [-0.2, 0) is 25.6 Å². The van der Waals surface area contributed by atoms with Crippen LogP contribution in [0, 0.1) is 0 Å². The van der Waals surface area contributed by atoms with Crippen molar-refractivity contribution in [2.24, 2.45) is 0 Å². The third kappa shape index (κ3) is 6.45. The van der Waals surface area contributed by atoms with Crippen molar-refractivity contribution < 1.29 is 23.9 Å². The topological polar surface area (TPSA) is 99.9 Å². The number of ether oxygens (including phenoxy) is 2. The van der Waals surface area contributed by atoms with Gasteiger partial charge in [0.25, 0.3) is 0 Å². The summed E-state index contributed by atoms with van der Waals surface area (Å²) in [4.78, 5) is 28.0. The van der Waals surface area contributed by atoms with E-state index in [1.807, 2.05) is 20.8 Å². The van der Waals surface area contributed by atoms with Gasteiger partial charge in [-0.25, -0.2) is 10.3 Å². The van der Waals surface area contributed by atoms with Crippen molar-refractivity contribution in [3.63, 3.8) is 0 Å². The van der Waals surface area contributed by atoms with Gasteiger partial charge in [0, 0.05) is 0 Å². The van der Waals surface area contributed by atoms with E-state index in [2.05, 4.69) is 10.2 Å². The molecule has 0 spiro atoms. The second kappa shape index (κ2) is 7.65. The number of nitrogens with two attached hydrogens (primary N) is 1. The molecule has 7 heteroatoms. The van der Waals surface area contributed by atoms with Gasteiger partial charge in [-0.3, -0.25) is 9.63 Å². The number of methoxy groups -OCH3 is 1. The predicted octanol–water partition coefficient (Wildman–Crippen LogP) is 1.21. The van der Waals surface area contributed by atoms with Crippen molar-refractivity contribution in [1.82, 2.24) is 5.48 Å². The lowest BCUT2D eigenvalue weighted by molar-refractivity contribution is -0.145. The maximum absolute atomic E-state index is 11.8. The van der Waals surface area contributed by atoms with Crippen molar-refractivity contribution in [3.8, 4) is 5.75 Å². The summed E-state index contributed by atoms with van der Waals surface area (Å²) in [5, 5.41) is 0. The zero-order valence-electron chi connectivity index (χ0n) is 13.3. The number of amides is 1. The molecule has 3 N–H and O–H groups in total. The van der Waals surface area contributed by atoms with Gasteiger partial charge in [-0.05, 0) is 38.5 Å². The summed E-state index contributed by atoms with van der Waals surface area (Å²) in [5.74, 6) is -0.479. The number of benzene rings is 1. The van der Waals surface area contributed by atoms with Crippen LogP contribution in [0.2, 0.25) is 0 Å². The highest BCUT2D eigenvalue weighted by Crippen LogP contribution is 2.23. The minimum absolute atomic E-state index is 0.102. The highest BCUT2D eigenvalue weighted by atomic mass is 16.7. The average Bonchev–Trinajstić information content (AvgIpc) is 2.44. The van der Waals surface area contributed by atoms with Crippen LogP contribution in [0.15, 0.2) is 18.2 Å². The Kier molecular flexibility index (Phi) is 6.18. The van der Waals surface area contributed by atoms with Gasteiger partial charge in [0.05, 0.1) is 24.8 Å². The number of hydroxylamine groups is 1. The zero-order valence-corrected chi connectivity index (χ0v) is 13.3. The molecule has 1 amide bonds. The Balaban J connectivity index is 2.64. The average molecular weight is 310 g/mol. The number of nitrogens with one attached hydrogen (secondary N) is 1. The predicted molar refractivity (Wildman–Crippen MR) is 81.1 cm³/mol. The molecule has 22 heavy (non-hydrogen) atoms. The Morgan fingerprint density at radius 3 is 2.55 bits per heavy atom. The van der Waals surface area contributed by atoms with E-state index in [4.69, 9.17) is 15.3 Å². The summed E-state index contributed by atoms with van der Waals surface area (Å²) >= 11 is 0. The smallest absolute Gasteiger partial charge is 0.343 e. The van der Waals surface area contributed by atoms with Gasteiger partial charge in [0.15, 0.2) is 6.61 Å². The van der Waals surface area contributed by atoms with E-state index in [-0.39, 0.29) is 18.9 Å². The monoisotopic (exact) mass is 310 g/mol. The van der Waals surface area contributed by atoms with Crippen molar-refractivity contribution in [3.05, 3.63) is 23.8 Å². The fraction of sp³-hybridized carbons (Fsp3) is 0.467.